The number of aliphatic carboxylic acids is 2. The van der Waals surface area contributed by atoms with Gasteiger partial charge in [-0.15, -0.1) is 0 Å². The second-order valence-electron chi connectivity index (χ2n) is 4.86. The molecule has 0 saturated carbocycles. The van der Waals surface area contributed by atoms with Gasteiger partial charge >= 0.3 is 17.9 Å². The van der Waals surface area contributed by atoms with Crippen LogP contribution in [0.1, 0.15) is 26.2 Å². The fraction of sp³-hybridized carbons (Fsp3) is 0.500. The summed E-state index contributed by atoms with van der Waals surface area (Å²) in [5, 5.41) is 18.1. The van der Waals surface area contributed by atoms with Gasteiger partial charge in [0.2, 0.25) is 0 Å². The molecular weight excluding hydrogens is 264 g/mol. The fourth-order valence-electron chi connectivity index (χ4n) is 2.10. The van der Waals surface area contributed by atoms with Gasteiger partial charge in [0.05, 0.1) is 18.4 Å². The molecule has 2 N–H and O–H groups in total. The molecule has 0 spiro atoms. The predicted octanol–water partition coefficient (Wildman–Crippen LogP) is 1.62. The lowest BCUT2D eigenvalue weighted by atomic mass is 9.79. The van der Waals surface area contributed by atoms with Crippen molar-refractivity contribution in [3.05, 3.63) is 23.8 Å². The van der Waals surface area contributed by atoms with Crippen molar-refractivity contribution in [1.29, 1.82) is 0 Å². The largest absolute Gasteiger partial charge is 0.481 e. The van der Waals surface area contributed by atoms with E-state index in [1.54, 1.807) is 13.0 Å². The number of carboxylic acid groups (broad SMARTS) is 2. The van der Waals surface area contributed by atoms with Gasteiger partial charge in [0.15, 0.2) is 0 Å². The first kappa shape index (κ1) is 15.9. The van der Waals surface area contributed by atoms with E-state index in [0.717, 1.165) is 5.57 Å². The third kappa shape index (κ3) is 4.22. The standard InChI is InChI=1S/C14H18O6/c1-8(2)14(19)20-6-5-9-3-4-10(12(15)16)11(7-9)13(17)18/h3,10-11H,1,4-7H2,2H3,(H,15,16)(H,17,18). The lowest BCUT2D eigenvalue weighted by molar-refractivity contribution is -0.154. The van der Waals surface area contributed by atoms with Crippen LogP contribution < -0.4 is 0 Å². The zero-order valence-corrected chi connectivity index (χ0v) is 11.3. The molecule has 20 heavy (non-hydrogen) atoms. The minimum absolute atomic E-state index is 0.140. The van der Waals surface area contributed by atoms with Crippen LogP contribution in [-0.2, 0) is 19.1 Å². The van der Waals surface area contributed by atoms with E-state index in [2.05, 4.69) is 6.58 Å². The van der Waals surface area contributed by atoms with E-state index in [1.165, 1.54) is 0 Å². The smallest absolute Gasteiger partial charge is 0.333 e. The summed E-state index contributed by atoms with van der Waals surface area (Å²) in [6, 6.07) is 0. The van der Waals surface area contributed by atoms with Gasteiger partial charge in [0.25, 0.3) is 0 Å². The third-order valence-electron chi connectivity index (χ3n) is 3.27. The first-order chi connectivity index (χ1) is 9.32. The topological polar surface area (TPSA) is 101 Å². The van der Waals surface area contributed by atoms with E-state index >= 15 is 0 Å². The monoisotopic (exact) mass is 282 g/mol. The zero-order valence-electron chi connectivity index (χ0n) is 11.3. The molecule has 0 aliphatic heterocycles. The number of rotatable bonds is 6. The molecule has 1 aliphatic carbocycles. The molecule has 1 rings (SSSR count). The van der Waals surface area contributed by atoms with Crippen molar-refractivity contribution in [2.24, 2.45) is 11.8 Å². The minimum Gasteiger partial charge on any atom is -0.481 e. The molecule has 1 aliphatic rings. The van der Waals surface area contributed by atoms with Crippen LogP contribution in [0, 0.1) is 11.8 Å². The summed E-state index contributed by atoms with van der Waals surface area (Å²) < 4.78 is 4.93. The SMILES string of the molecule is C=C(C)C(=O)OCCC1=CCC(C(=O)O)C(C(=O)O)C1. The predicted molar refractivity (Wildman–Crippen MR) is 70.0 cm³/mol. The molecule has 6 nitrogen and oxygen atoms in total. The van der Waals surface area contributed by atoms with Crippen molar-refractivity contribution in [3.63, 3.8) is 0 Å². The molecule has 0 fully saturated rings. The highest BCUT2D eigenvalue weighted by atomic mass is 16.5. The highest BCUT2D eigenvalue weighted by Crippen LogP contribution is 2.31. The van der Waals surface area contributed by atoms with Crippen molar-refractivity contribution in [3.8, 4) is 0 Å². The Morgan fingerprint density at radius 2 is 1.90 bits per heavy atom. The molecule has 0 radical (unpaired) electrons. The van der Waals surface area contributed by atoms with Gasteiger partial charge in [-0.05, 0) is 19.8 Å². The number of esters is 1. The Labute approximate surface area is 116 Å². The van der Waals surface area contributed by atoms with Crippen molar-refractivity contribution < 1.29 is 29.3 Å². The quantitative estimate of drug-likeness (QED) is 0.436. The number of ether oxygens (including phenoxy) is 1. The third-order valence-corrected chi connectivity index (χ3v) is 3.27. The minimum atomic E-state index is -1.11. The average Bonchev–Trinajstić information content (AvgIpc) is 2.37. The maximum Gasteiger partial charge on any atom is 0.333 e. The van der Waals surface area contributed by atoms with Gasteiger partial charge in [0, 0.05) is 12.0 Å². The normalized spacial score (nSPS) is 21.8. The summed E-state index contributed by atoms with van der Waals surface area (Å²) in [5.74, 6) is -4.51. The van der Waals surface area contributed by atoms with Gasteiger partial charge in [-0.3, -0.25) is 9.59 Å². The highest BCUT2D eigenvalue weighted by molar-refractivity contribution is 5.86. The summed E-state index contributed by atoms with van der Waals surface area (Å²) in [5.41, 5.74) is 1.11. The molecule has 2 unspecified atom stereocenters. The van der Waals surface area contributed by atoms with Crippen LogP contribution in [-0.4, -0.2) is 34.7 Å². The summed E-state index contributed by atoms with van der Waals surface area (Å²) in [6.45, 7) is 5.14. The molecular formula is C14H18O6. The van der Waals surface area contributed by atoms with Gasteiger partial charge in [-0.25, -0.2) is 4.79 Å². The van der Waals surface area contributed by atoms with Gasteiger partial charge in [0.1, 0.15) is 0 Å². The van der Waals surface area contributed by atoms with Crippen LogP contribution in [0.2, 0.25) is 0 Å². The number of carbonyl (C=O) groups is 3. The van der Waals surface area contributed by atoms with Crippen LogP contribution in [0.5, 0.6) is 0 Å². The molecule has 6 heteroatoms. The summed E-state index contributed by atoms with van der Waals surface area (Å²) in [4.78, 5) is 33.3. The fourth-order valence-corrected chi connectivity index (χ4v) is 2.10. The maximum absolute atomic E-state index is 11.2. The Morgan fingerprint density at radius 1 is 1.30 bits per heavy atom. The summed E-state index contributed by atoms with van der Waals surface area (Å²) in [7, 11) is 0. The lowest BCUT2D eigenvalue weighted by Crippen LogP contribution is -2.32. The number of hydrogen-bond acceptors (Lipinski definition) is 4. The molecule has 0 aromatic heterocycles. The van der Waals surface area contributed by atoms with E-state index < -0.39 is 29.7 Å². The van der Waals surface area contributed by atoms with E-state index in [1.807, 2.05) is 0 Å². The van der Waals surface area contributed by atoms with Gasteiger partial charge in [-0.2, -0.15) is 0 Å². The number of carbonyl (C=O) groups excluding carboxylic acids is 1. The zero-order chi connectivity index (χ0) is 15.3. The van der Waals surface area contributed by atoms with Crippen LogP contribution in [0.25, 0.3) is 0 Å². The maximum atomic E-state index is 11.2. The first-order valence-electron chi connectivity index (χ1n) is 6.29. The molecule has 0 aromatic carbocycles. The Kier molecular flexibility index (Phi) is 5.49. The molecule has 110 valence electrons. The Balaban J connectivity index is 2.56. The Hall–Kier alpha value is -2.11. The van der Waals surface area contributed by atoms with Gasteiger partial charge < -0.3 is 14.9 Å². The molecule has 0 saturated heterocycles. The molecule has 0 heterocycles. The molecule has 0 aromatic rings. The average molecular weight is 282 g/mol. The van der Waals surface area contributed by atoms with E-state index in [-0.39, 0.29) is 19.4 Å². The molecule has 0 bridgehead atoms. The summed E-state index contributed by atoms with van der Waals surface area (Å²) >= 11 is 0. The van der Waals surface area contributed by atoms with E-state index in [9.17, 15) is 14.4 Å². The second kappa shape index (κ2) is 6.88. The van der Waals surface area contributed by atoms with Crippen LogP contribution in [0.4, 0.5) is 0 Å². The Bertz CT molecular complexity index is 462. The van der Waals surface area contributed by atoms with E-state index in [0.29, 0.717) is 12.0 Å². The van der Waals surface area contributed by atoms with Gasteiger partial charge in [-0.1, -0.05) is 18.2 Å². The Morgan fingerprint density at radius 3 is 2.40 bits per heavy atom. The van der Waals surface area contributed by atoms with Crippen molar-refractivity contribution in [1.82, 2.24) is 0 Å². The van der Waals surface area contributed by atoms with Crippen LogP contribution >= 0.6 is 0 Å². The van der Waals surface area contributed by atoms with Crippen LogP contribution in [0.15, 0.2) is 23.8 Å². The van der Waals surface area contributed by atoms with Crippen LogP contribution in [0.3, 0.4) is 0 Å². The van der Waals surface area contributed by atoms with Crippen molar-refractivity contribution in [2.75, 3.05) is 6.61 Å². The molecule has 2 atom stereocenters. The molecule has 0 amide bonds. The second-order valence-corrected chi connectivity index (χ2v) is 4.86. The number of carboxylic acids is 2. The van der Waals surface area contributed by atoms with Crippen molar-refractivity contribution >= 4 is 17.9 Å². The number of allylic oxidation sites excluding steroid dienone is 1. The highest BCUT2D eigenvalue weighted by Gasteiger charge is 2.36. The summed E-state index contributed by atoms with van der Waals surface area (Å²) in [6.07, 6.45) is 2.51. The number of hydrogen-bond donors (Lipinski definition) is 2. The first-order valence-corrected chi connectivity index (χ1v) is 6.29. The van der Waals surface area contributed by atoms with E-state index in [4.69, 9.17) is 14.9 Å². The van der Waals surface area contributed by atoms with Crippen molar-refractivity contribution in [2.45, 2.75) is 26.2 Å². The lowest BCUT2D eigenvalue weighted by Gasteiger charge is -2.25.